The van der Waals surface area contributed by atoms with Gasteiger partial charge >= 0.3 is 0 Å². The van der Waals surface area contributed by atoms with Crippen LogP contribution in [0.3, 0.4) is 0 Å². The summed E-state index contributed by atoms with van der Waals surface area (Å²) in [5.41, 5.74) is 6.11. The Balaban J connectivity index is 4.11. The molecule has 84 valence electrons. The molecule has 0 spiro atoms. The van der Waals surface area contributed by atoms with Crippen LogP contribution < -0.4 is 5.73 Å². The van der Waals surface area contributed by atoms with Crippen LogP contribution in [0.4, 0.5) is 0 Å². The van der Waals surface area contributed by atoms with Crippen molar-refractivity contribution in [2.45, 2.75) is 34.6 Å². The minimum absolute atomic E-state index is 0.257. The van der Waals surface area contributed by atoms with E-state index in [1.54, 1.807) is 0 Å². The number of hydrogen-bond acceptors (Lipinski definition) is 1. The summed E-state index contributed by atoms with van der Waals surface area (Å²) >= 11 is 0. The van der Waals surface area contributed by atoms with Gasteiger partial charge in [-0.25, -0.2) is 0 Å². The van der Waals surface area contributed by atoms with E-state index in [0.717, 1.165) is 13.1 Å². The van der Waals surface area contributed by atoms with Crippen molar-refractivity contribution in [1.29, 1.82) is 0 Å². The lowest BCUT2D eigenvalue weighted by Crippen LogP contribution is -2.39. The zero-order valence-electron chi connectivity index (χ0n) is 10.5. The smallest absolute Gasteiger partial charge is 0.191 e. The lowest BCUT2D eigenvalue weighted by atomic mass is 9.96. The van der Waals surface area contributed by atoms with Crippen LogP contribution >= 0.6 is 0 Å². The summed E-state index contributed by atoms with van der Waals surface area (Å²) < 4.78 is 0. The van der Waals surface area contributed by atoms with Crippen LogP contribution in [-0.2, 0) is 0 Å². The monoisotopic (exact) mass is 199 g/mol. The van der Waals surface area contributed by atoms with Crippen LogP contribution in [-0.4, -0.2) is 31.0 Å². The predicted octanol–water partition coefficient (Wildman–Crippen LogP) is 1.93. The molecule has 0 aliphatic carbocycles. The number of aliphatic imine (C=N–C) groups is 1. The van der Waals surface area contributed by atoms with E-state index in [0.29, 0.717) is 11.9 Å². The highest BCUT2D eigenvalue weighted by atomic mass is 15.2. The number of rotatable bonds is 3. The van der Waals surface area contributed by atoms with Gasteiger partial charge in [0.15, 0.2) is 5.96 Å². The molecule has 0 bridgehead atoms. The molecule has 0 saturated carbocycles. The third-order valence-corrected chi connectivity index (χ3v) is 1.72. The van der Waals surface area contributed by atoms with E-state index >= 15 is 0 Å². The average molecular weight is 199 g/mol. The first-order chi connectivity index (χ1) is 6.22. The molecule has 2 N–H and O–H groups in total. The van der Waals surface area contributed by atoms with Gasteiger partial charge in [-0.1, -0.05) is 34.6 Å². The van der Waals surface area contributed by atoms with E-state index in [9.17, 15) is 0 Å². The van der Waals surface area contributed by atoms with Crippen molar-refractivity contribution >= 4 is 5.96 Å². The van der Waals surface area contributed by atoms with Crippen LogP contribution in [0.25, 0.3) is 0 Å². The van der Waals surface area contributed by atoms with Gasteiger partial charge in [-0.2, -0.15) is 0 Å². The highest BCUT2D eigenvalue weighted by molar-refractivity contribution is 5.77. The second-order valence-electron chi connectivity index (χ2n) is 5.51. The van der Waals surface area contributed by atoms with Crippen LogP contribution in [0.1, 0.15) is 34.6 Å². The standard InChI is InChI=1S/C11H25N3/c1-9(2)7-13-10(12)14(6)8-11(3,4)5/h9H,7-8H2,1-6H3,(H2,12,13). The Morgan fingerprint density at radius 2 is 1.86 bits per heavy atom. The SMILES string of the molecule is CC(C)CN=C(N)N(C)CC(C)(C)C. The van der Waals surface area contributed by atoms with E-state index in [1.807, 2.05) is 11.9 Å². The summed E-state index contributed by atoms with van der Waals surface area (Å²) in [6, 6.07) is 0. The first-order valence-electron chi connectivity index (χ1n) is 5.23. The Labute approximate surface area is 88.4 Å². The number of nitrogens with zero attached hydrogens (tertiary/aromatic N) is 2. The Morgan fingerprint density at radius 1 is 1.36 bits per heavy atom. The van der Waals surface area contributed by atoms with Crippen molar-refractivity contribution in [3.63, 3.8) is 0 Å². The van der Waals surface area contributed by atoms with Crippen LogP contribution in [0.2, 0.25) is 0 Å². The van der Waals surface area contributed by atoms with E-state index in [4.69, 9.17) is 5.73 Å². The summed E-state index contributed by atoms with van der Waals surface area (Å²) in [6.07, 6.45) is 0. The van der Waals surface area contributed by atoms with Crippen LogP contribution in [0.5, 0.6) is 0 Å². The Kier molecular flexibility index (Phi) is 4.95. The lowest BCUT2D eigenvalue weighted by Gasteiger charge is -2.27. The van der Waals surface area contributed by atoms with Gasteiger partial charge in [0.05, 0.1) is 0 Å². The molecular formula is C11H25N3. The molecule has 3 heteroatoms. The van der Waals surface area contributed by atoms with E-state index in [1.165, 1.54) is 0 Å². The van der Waals surface area contributed by atoms with Gasteiger partial charge in [-0.3, -0.25) is 4.99 Å². The fourth-order valence-corrected chi connectivity index (χ4v) is 1.19. The van der Waals surface area contributed by atoms with Gasteiger partial charge in [0.1, 0.15) is 0 Å². The molecule has 0 fully saturated rings. The molecule has 0 aromatic carbocycles. The lowest BCUT2D eigenvalue weighted by molar-refractivity contribution is 0.303. The number of nitrogens with two attached hydrogens (primary N) is 1. The maximum absolute atomic E-state index is 5.85. The Bertz CT molecular complexity index is 189. The fourth-order valence-electron chi connectivity index (χ4n) is 1.19. The molecule has 0 aromatic heterocycles. The van der Waals surface area contributed by atoms with E-state index in [2.05, 4.69) is 39.6 Å². The molecule has 0 aliphatic rings. The molecule has 0 saturated heterocycles. The highest BCUT2D eigenvalue weighted by Gasteiger charge is 2.14. The summed E-state index contributed by atoms with van der Waals surface area (Å²) in [5, 5.41) is 0. The second kappa shape index (κ2) is 5.23. The molecular weight excluding hydrogens is 174 g/mol. The van der Waals surface area contributed by atoms with Gasteiger partial charge in [0.2, 0.25) is 0 Å². The highest BCUT2D eigenvalue weighted by Crippen LogP contribution is 2.13. The van der Waals surface area contributed by atoms with Crippen molar-refractivity contribution in [2.75, 3.05) is 20.1 Å². The molecule has 0 aromatic rings. The average Bonchev–Trinajstić information content (AvgIpc) is 1.96. The minimum Gasteiger partial charge on any atom is -0.370 e. The Hall–Kier alpha value is -0.730. The zero-order chi connectivity index (χ0) is 11.4. The molecule has 14 heavy (non-hydrogen) atoms. The van der Waals surface area contributed by atoms with Gasteiger partial charge in [-0.05, 0) is 11.3 Å². The summed E-state index contributed by atoms with van der Waals surface area (Å²) in [6.45, 7) is 12.6. The Morgan fingerprint density at radius 3 is 2.21 bits per heavy atom. The van der Waals surface area contributed by atoms with Crippen LogP contribution in [0, 0.1) is 11.3 Å². The van der Waals surface area contributed by atoms with Crippen molar-refractivity contribution in [1.82, 2.24) is 4.90 Å². The van der Waals surface area contributed by atoms with Crippen molar-refractivity contribution < 1.29 is 0 Å². The number of guanidine groups is 1. The summed E-state index contributed by atoms with van der Waals surface area (Å²) in [5.74, 6) is 1.21. The summed E-state index contributed by atoms with van der Waals surface area (Å²) in [7, 11) is 1.99. The van der Waals surface area contributed by atoms with E-state index in [-0.39, 0.29) is 5.41 Å². The van der Waals surface area contributed by atoms with E-state index < -0.39 is 0 Å². The third-order valence-electron chi connectivity index (χ3n) is 1.72. The molecule has 0 rings (SSSR count). The van der Waals surface area contributed by atoms with Crippen LogP contribution in [0.15, 0.2) is 4.99 Å². The molecule has 0 amide bonds. The third kappa shape index (κ3) is 6.75. The fraction of sp³-hybridized carbons (Fsp3) is 0.909. The van der Waals surface area contributed by atoms with Crippen molar-refractivity contribution in [2.24, 2.45) is 22.1 Å². The normalized spacial score (nSPS) is 13.5. The molecule has 0 unspecified atom stereocenters. The van der Waals surface area contributed by atoms with Gasteiger partial charge in [-0.15, -0.1) is 0 Å². The van der Waals surface area contributed by atoms with Gasteiger partial charge in [0.25, 0.3) is 0 Å². The van der Waals surface area contributed by atoms with Gasteiger partial charge in [0, 0.05) is 20.1 Å². The first-order valence-corrected chi connectivity index (χ1v) is 5.23. The first kappa shape index (κ1) is 13.3. The molecule has 3 nitrogen and oxygen atoms in total. The molecule has 0 atom stereocenters. The maximum atomic E-state index is 5.85. The quantitative estimate of drug-likeness (QED) is 0.557. The maximum Gasteiger partial charge on any atom is 0.191 e. The predicted molar refractivity (Wildman–Crippen MR) is 63.4 cm³/mol. The molecule has 0 radical (unpaired) electrons. The zero-order valence-corrected chi connectivity index (χ0v) is 10.5. The minimum atomic E-state index is 0.257. The van der Waals surface area contributed by atoms with Gasteiger partial charge < -0.3 is 10.6 Å². The molecule has 0 aliphatic heterocycles. The largest absolute Gasteiger partial charge is 0.370 e. The topological polar surface area (TPSA) is 41.6 Å². The van der Waals surface area contributed by atoms with Crippen molar-refractivity contribution in [3.05, 3.63) is 0 Å². The van der Waals surface area contributed by atoms with Crippen molar-refractivity contribution in [3.8, 4) is 0 Å². The second-order valence-corrected chi connectivity index (χ2v) is 5.51. The number of hydrogen-bond donors (Lipinski definition) is 1. The molecule has 0 heterocycles. The summed E-state index contributed by atoms with van der Waals surface area (Å²) in [4.78, 5) is 6.34.